The molecule has 3 nitrogen and oxygen atoms in total. The molecule has 3 N–H and O–H groups in total. The Hall–Kier alpha value is -1.81. The van der Waals surface area contributed by atoms with Crippen molar-refractivity contribution in [3.8, 4) is 11.4 Å². The van der Waals surface area contributed by atoms with E-state index in [0.717, 1.165) is 40.3 Å². The lowest BCUT2D eigenvalue weighted by atomic mass is 10.1. The van der Waals surface area contributed by atoms with Gasteiger partial charge in [0.25, 0.3) is 0 Å². The molecule has 0 unspecified atom stereocenters. The highest BCUT2D eigenvalue weighted by Crippen LogP contribution is 2.33. The maximum Gasteiger partial charge on any atom is 0.141 e. The third-order valence-corrected chi connectivity index (χ3v) is 4.48. The fourth-order valence-corrected chi connectivity index (χ4v) is 3.09. The third kappa shape index (κ3) is 2.12. The lowest BCUT2D eigenvalue weighted by molar-refractivity contribution is 1.14. The third-order valence-electron chi connectivity index (χ3n) is 3.37. The first-order valence-electron chi connectivity index (χ1n) is 6.58. The van der Waals surface area contributed by atoms with E-state index in [9.17, 15) is 0 Å². The number of hydrogen-bond acceptors (Lipinski definition) is 3. The van der Waals surface area contributed by atoms with Crippen LogP contribution in [0.1, 0.15) is 24.3 Å². The van der Waals surface area contributed by atoms with Crippen molar-refractivity contribution >= 4 is 27.4 Å². The van der Waals surface area contributed by atoms with E-state index in [1.54, 1.807) is 11.3 Å². The van der Waals surface area contributed by atoms with Crippen LogP contribution in [0.25, 0.3) is 22.4 Å². The number of aromatic nitrogens is 2. The van der Waals surface area contributed by atoms with Gasteiger partial charge in [0.15, 0.2) is 0 Å². The number of hydrogen-bond donors (Lipinski definition) is 2. The van der Waals surface area contributed by atoms with E-state index in [-0.39, 0.29) is 0 Å². The van der Waals surface area contributed by atoms with Gasteiger partial charge in [-0.3, -0.25) is 0 Å². The van der Waals surface area contributed by atoms with Crippen molar-refractivity contribution in [2.24, 2.45) is 0 Å². The molecule has 0 bridgehead atoms. The van der Waals surface area contributed by atoms with Crippen molar-refractivity contribution in [3.05, 3.63) is 34.7 Å². The normalized spacial score (nSPS) is 11.3. The van der Waals surface area contributed by atoms with Gasteiger partial charge in [-0.05, 0) is 36.6 Å². The molecule has 3 aromatic rings. The van der Waals surface area contributed by atoms with Gasteiger partial charge in [0.2, 0.25) is 0 Å². The lowest BCUT2D eigenvalue weighted by Crippen LogP contribution is -1.84. The number of benzene rings is 1. The van der Waals surface area contributed by atoms with E-state index < -0.39 is 0 Å². The minimum atomic E-state index is 0.839. The first-order valence-corrected chi connectivity index (χ1v) is 7.40. The Kier molecular flexibility index (Phi) is 3.03. The molecule has 19 heavy (non-hydrogen) atoms. The number of rotatable bonds is 3. The minimum absolute atomic E-state index is 0.839. The van der Waals surface area contributed by atoms with Gasteiger partial charge in [0.05, 0.1) is 21.6 Å². The van der Waals surface area contributed by atoms with Crippen LogP contribution in [0.2, 0.25) is 0 Å². The van der Waals surface area contributed by atoms with Crippen molar-refractivity contribution in [1.82, 2.24) is 9.97 Å². The van der Waals surface area contributed by atoms with Gasteiger partial charge < -0.3 is 10.7 Å². The summed E-state index contributed by atoms with van der Waals surface area (Å²) in [6.45, 7) is 4.30. The molecule has 0 radical (unpaired) electrons. The summed E-state index contributed by atoms with van der Waals surface area (Å²) in [5.41, 5.74) is 10.5. The van der Waals surface area contributed by atoms with Crippen LogP contribution in [-0.4, -0.2) is 9.97 Å². The molecule has 98 valence electrons. The summed E-state index contributed by atoms with van der Waals surface area (Å²) in [6, 6.07) is 8.49. The summed E-state index contributed by atoms with van der Waals surface area (Å²) in [6.07, 6.45) is 2.04. The Morgan fingerprint density at radius 1 is 1.21 bits per heavy atom. The Balaban J connectivity index is 2.11. The summed E-state index contributed by atoms with van der Waals surface area (Å²) in [5, 5.41) is 0.839. The number of nitrogen functional groups attached to an aromatic ring is 1. The number of H-pyrrole nitrogens is 1. The van der Waals surface area contributed by atoms with Gasteiger partial charge in [0.1, 0.15) is 5.82 Å². The lowest BCUT2D eigenvalue weighted by Gasteiger charge is -1.94. The van der Waals surface area contributed by atoms with Crippen LogP contribution < -0.4 is 5.73 Å². The van der Waals surface area contributed by atoms with Crippen molar-refractivity contribution < 1.29 is 0 Å². The first-order chi connectivity index (χ1) is 9.21. The molecule has 0 aliphatic carbocycles. The summed E-state index contributed by atoms with van der Waals surface area (Å²) < 4.78 is 0. The quantitative estimate of drug-likeness (QED) is 0.756. The number of imidazole rings is 1. The number of nitrogens with zero attached hydrogens (tertiary/aromatic N) is 1. The average Bonchev–Trinajstić information content (AvgIpc) is 3.00. The zero-order valence-corrected chi connectivity index (χ0v) is 12.0. The fraction of sp³-hybridized carbons (Fsp3) is 0.267. The second kappa shape index (κ2) is 4.70. The van der Waals surface area contributed by atoms with E-state index in [0.29, 0.717) is 0 Å². The second-order valence-corrected chi connectivity index (χ2v) is 5.80. The number of thiophene rings is 1. The molecule has 0 aliphatic rings. The van der Waals surface area contributed by atoms with Crippen LogP contribution in [0.5, 0.6) is 0 Å². The number of aryl methyl sites for hydroxylation is 2. The molecule has 0 amide bonds. The fourth-order valence-electron chi connectivity index (χ4n) is 2.22. The number of nitrogens with two attached hydrogens (primary N) is 1. The van der Waals surface area contributed by atoms with Gasteiger partial charge in [0, 0.05) is 4.88 Å². The Morgan fingerprint density at radius 3 is 2.74 bits per heavy atom. The maximum atomic E-state index is 6.09. The molecule has 0 atom stereocenters. The van der Waals surface area contributed by atoms with Gasteiger partial charge in [-0.1, -0.05) is 19.9 Å². The molecule has 0 saturated heterocycles. The molecule has 3 rings (SSSR count). The van der Waals surface area contributed by atoms with E-state index in [1.165, 1.54) is 10.4 Å². The molecular formula is C15H17N3S. The summed E-state index contributed by atoms with van der Waals surface area (Å²) >= 11 is 1.64. The Labute approximate surface area is 116 Å². The number of fused-ring (bicyclic) bond motifs is 1. The van der Waals surface area contributed by atoms with Gasteiger partial charge in [-0.2, -0.15) is 0 Å². The van der Waals surface area contributed by atoms with Crippen molar-refractivity contribution in [3.63, 3.8) is 0 Å². The molecule has 2 aromatic heterocycles. The SMILES string of the molecule is CCc1ccc2nc(-c3cc(CC)sc3N)[nH]c2c1. The van der Waals surface area contributed by atoms with Crippen LogP contribution in [0.15, 0.2) is 24.3 Å². The van der Waals surface area contributed by atoms with Crippen LogP contribution in [0.3, 0.4) is 0 Å². The smallest absolute Gasteiger partial charge is 0.141 e. The second-order valence-electron chi connectivity index (χ2n) is 4.63. The van der Waals surface area contributed by atoms with Crippen LogP contribution >= 0.6 is 11.3 Å². The zero-order valence-electron chi connectivity index (χ0n) is 11.2. The van der Waals surface area contributed by atoms with Crippen molar-refractivity contribution in [1.29, 1.82) is 0 Å². The average molecular weight is 271 g/mol. The number of anilines is 1. The topological polar surface area (TPSA) is 54.7 Å². The molecule has 0 saturated carbocycles. The largest absolute Gasteiger partial charge is 0.390 e. The first kappa shape index (κ1) is 12.2. The molecule has 0 aliphatic heterocycles. The zero-order chi connectivity index (χ0) is 13.4. The van der Waals surface area contributed by atoms with Gasteiger partial charge in [-0.25, -0.2) is 4.98 Å². The van der Waals surface area contributed by atoms with Crippen molar-refractivity contribution in [2.45, 2.75) is 26.7 Å². The van der Waals surface area contributed by atoms with Crippen molar-refractivity contribution in [2.75, 3.05) is 5.73 Å². The standard InChI is InChI=1S/C15H17N3S/c1-3-9-5-6-12-13(7-9)18-15(17-12)11-8-10(4-2)19-14(11)16/h5-8H,3-4,16H2,1-2H3,(H,17,18). The van der Waals surface area contributed by atoms with Gasteiger partial charge >= 0.3 is 0 Å². The van der Waals surface area contributed by atoms with E-state index in [1.807, 2.05) is 0 Å². The molecular weight excluding hydrogens is 254 g/mol. The van der Waals surface area contributed by atoms with E-state index >= 15 is 0 Å². The van der Waals surface area contributed by atoms with Crippen LogP contribution in [0, 0.1) is 0 Å². The predicted molar refractivity (Wildman–Crippen MR) is 82.6 cm³/mol. The van der Waals surface area contributed by atoms with E-state index in [2.05, 4.69) is 48.1 Å². The minimum Gasteiger partial charge on any atom is -0.390 e. The Morgan fingerprint density at radius 2 is 2.05 bits per heavy atom. The van der Waals surface area contributed by atoms with E-state index in [4.69, 9.17) is 5.73 Å². The monoisotopic (exact) mass is 271 g/mol. The number of nitrogens with one attached hydrogen (secondary N) is 1. The molecule has 0 fully saturated rings. The number of aromatic amines is 1. The Bertz CT molecular complexity index is 724. The van der Waals surface area contributed by atoms with Gasteiger partial charge in [-0.15, -0.1) is 11.3 Å². The van der Waals surface area contributed by atoms with Crippen LogP contribution in [-0.2, 0) is 12.8 Å². The highest BCUT2D eigenvalue weighted by Gasteiger charge is 2.12. The molecule has 0 spiro atoms. The molecule has 1 aromatic carbocycles. The highest BCUT2D eigenvalue weighted by molar-refractivity contribution is 7.16. The summed E-state index contributed by atoms with van der Waals surface area (Å²) in [5.74, 6) is 0.872. The summed E-state index contributed by atoms with van der Waals surface area (Å²) in [7, 11) is 0. The summed E-state index contributed by atoms with van der Waals surface area (Å²) in [4.78, 5) is 9.31. The predicted octanol–water partition coefficient (Wildman–Crippen LogP) is 4.00. The molecule has 4 heteroatoms. The maximum absolute atomic E-state index is 6.09. The van der Waals surface area contributed by atoms with Crippen LogP contribution in [0.4, 0.5) is 5.00 Å². The molecule has 2 heterocycles. The highest BCUT2D eigenvalue weighted by atomic mass is 32.1.